The third-order valence-corrected chi connectivity index (χ3v) is 8.06. The van der Waals surface area contributed by atoms with Crippen LogP contribution in [0.15, 0.2) is 60.7 Å². The Bertz CT molecular complexity index is 1780. The summed E-state index contributed by atoms with van der Waals surface area (Å²) in [6.45, 7) is 9.18. The van der Waals surface area contributed by atoms with Crippen molar-refractivity contribution in [1.29, 1.82) is 0 Å². The van der Waals surface area contributed by atoms with Gasteiger partial charge in [0.1, 0.15) is 29.1 Å². The minimum atomic E-state index is -0.668. The molecule has 0 atom stereocenters. The van der Waals surface area contributed by atoms with Gasteiger partial charge < -0.3 is 34.6 Å². The molecule has 13 heteroatoms. The van der Waals surface area contributed by atoms with Gasteiger partial charge in [-0.15, -0.1) is 10.2 Å². The van der Waals surface area contributed by atoms with Crippen LogP contribution in [0.4, 0.5) is 4.79 Å². The maximum Gasteiger partial charge on any atom is 0.508 e. The molecular formula is C36H41N5O8. The molecular weight excluding hydrogens is 630 g/mol. The molecule has 3 aromatic carbocycles. The summed E-state index contributed by atoms with van der Waals surface area (Å²) < 4.78 is 17.9. The third-order valence-electron chi connectivity index (χ3n) is 8.06. The second-order valence-corrected chi connectivity index (χ2v) is 12.0. The zero-order valence-corrected chi connectivity index (χ0v) is 28.0. The minimum Gasteiger partial charge on any atom is -0.508 e. The first-order valence-corrected chi connectivity index (χ1v) is 16.4. The molecule has 3 N–H and O–H groups in total. The Kier molecular flexibility index (Phi) is 11.0. The number of aromatic nitrogens is 3. The number of nitrogens with zero attached hydrogens (tertiary/aromatic N) is 4. The number of likely N-dealkylation sites (tertiary alicyclic amines) is 1. The number of piperidine rings is 1. The molecule has 0 radical (unpaired) electrons. The van der Waals surface area contributed by atoms with Crippen molar-refractivity contribution in [3.8, 4) is 40.1 Å². The van der Waals surface area contributed by atoms with Crippen LogP contribution in [-0.4, -0.2) is 80.2 Å². The van der Waals surface area contributed by atoms with Crippen LogP contribution in [0.2, 0.25) is 0 Å². The van der Waals surface area contributed by atoms with E-state index < -0.39 is 12.1 Å². The molecule has 1 aromatic heterocycles. The molecule has 2 heterocycles. The van der Waals surface area contributed by atoms with Crippen molar-refractivity contribution in [2.75, 3.05) is 26.2 Å². The number of aromatic hydroxyl groups is 2. The van der Waals surface area contributed by atoms with Crippen molar-refractivity contribution in [2.45, 2.75) is 59.0 Å². The fraction of sp³-hybridized carbons (Fsp3) is 0.361. The fourth-order valence-electron chi connectivity index (χ4n) is 5.51. The first kappa shape index (κ1) is 34.7. The molecule has 5 rings (SSSR count). The number of ether oxygens (including phenoxy) is 3. The summed E-state index contributed by atoms with van der Waals surface area (Å²) in [6, 6.07) is 16.7. The van der Waals surface area contributed by atoms with Gasteiger partial charge in [-0.3, -0.25) is 14.2 Å². The van der Waals surface area contributed by atoms with Gasteiger partial charge in [-0.05, 0) is 79.4 Å². The summed E-state index contributed by atoms with van der Waals surface area (Å²) in [5.74, 6) is 0.432. The first-order chi connectivity index (χ1) is 23.6. The second kappa shape index (κ2) is 15.5. The lowest BCUT2D eigenvalue weighted by molar-refractivity contribution is 0.00146. The van der Waals surface area contributed by atoms with Crippen molar-refractivity contribution in [3.63, 3.8) is 0 Å². The van der Waals surface area contributed by atoms with Gasteiger partial charge in [0, 0.05) is 49.8 Å². The van der Waals surface area contributed by atoms with Crippen LogP contribution in [0.5, 0.6) is 23.0 Å². The number of carbonyl (C=O) groups excluding carboxylic acids is 3. The van der Waals surface area contributed by atoms with Crippen molar-refractivity contribution in [1.82, 2.24) is 25.0 Å². The number of hydrogen-bond acceptors (Lipinski definition) is 10. The largest absolute Gasteiger partial charge is 0.508 e. The van der Waals surface area contributed by atoms with Crippen molar-refractivity contribution >= 4 is 18.0 Å². The smallest absolute Gasteiger partial charge is 0.508 e. The van der Waals surface area contributed by atoms with E-state index in [0.29, 0.717) is 73.0 Å². The summed E-state index contributed by atoms with van der Waals surface area (Å²) in [7, 11) is 0. The van der Waals surface area contributed by atoms with Crippen molar-refractivity contribution < 1.29 is 38.8 Å². The number of phenolic OH excluding ortho intramolecular Hbond substituents is 2. The highest BCUT2D eigenvalue weighted by molar-refractivity contribution is 5.94. The molecule has 1 saturated heterocycles. The van der Waals surface area contributed by atoms with Crippen LogP contribution in [0, 0.1) is 0 Å². The van der Waals surface area contributed by atoms with Crippen LogP contribution in [0.3, 0.4) is 0 Å². The number of benzene rings is 3. The molecule has 13 nitrogen and oxygen atoms in total. The Morgan fingerprint density at radius 3 is 2.18 bits per heavy atom. The molecule has 4 aromatic rings. The second-order valence-electron chi connectivity index (χ2n) is 12.0. The molecule has 0 spiro atoms. The quantitative estimate of drug-likeness (QED) is 0.157. The Balaban J connectivity index is 1.29. The highest BCUT2D eigenvalue weighted by atomic mass is 16.7. The molecule has 0 unspecified atom stereocenters. The SMILES string of the molecule is CCCOC(=O)OC1CCN(C(=O)c2ccc(Oc3ccc(-n4c(C(=O)NCC)nnc4-c4cc(C(C)C)c(O)cc4O)cc3)cc2)CC1. The molecule has 1 aliphatic heterocycles. The van der Waals surface area contributed by atoms with E-state index in [1.54, 1.807) is 71.0 Å². The average molecular weight is 672 g/mol. The lowest BCUT2D eigenvalue weighted by Crippen LogP contribution is -2.41. The van der Waals surface area contributed by atoms with Gasteiger partial charge in [0.2, 0.25) is 5.82 Å². The number of nitrogens with one attached hydrogen (secondary N) is 1. The maximum atomic E-state index is 13.1. The van der Waals surface area contributed by atoms with Crippen molar-refractivity contribution in [2.24, 2.45) is 0 Å². The van der Waals surface area contributed by atoms with Crippen LogP contribution in [0.1, 0.15) is 79.4 Å². The monoisotopic (exact) mass is 671 g/mol. The molecule has 49 heavy (non-hydrogen) atoms. The topological polar surface area (TPSA) is 165 Å². The summed E-state index contributed by atoms with van der Waals surface area (Å²) in [5, 5.41) is 32.3. The highest BCUT2D eigenvalue weighted by Gasteiger charge is 2.27. The Labute approximate surface area is 284 Å². The van der Waals surface area contributed by atoms with E-state index in [-0.39, 0.29) is 41.1 Å². The van der Waals surface area contributed by atoms with E-state index in [0.717, 1.165) is 6.42 Å². The average Bonchev–Trinajstić information content (AvgIpc) is 3.53. The summed E-state index contributed by atoms with van der Waals surface area (Å²) in [4.78, 5) is 39.5. The number of phenols is 2. The normalized spacial score (nSPS) is 13.3. The lowest BCUT2D eigenvalue weighted by Gasteiger charge is -2.31. The van der Waals surface area contributed by atoms with Crippen LogP contribution in [-0.2, 0) is 9.47 Å². The molecule has 0 saturated carbocycles. The van der Waals surface area contributed by atoms with E-state index >= 15 is 0 Å². The predicted molar refractivity (Wildman–Crippen MR) is 180 cm³/mol. The fourth-order valence-corrected chi connectivity index (χ4v) is 5.51. The van der Waals surface area contributed by atoms with Gasteiger partial charge >= 0.3 is 6.16 Å². The highest BCUT2D eigenvalue weighted by Crippen LogP contribution is 2.38. The number of hydrogen-bond donors (Lipinski definition) is 3. The first-order valence-electron chi connectivity index (χ1n) is 16.4. The van der Waals surface area contributed by atoms with Crippen LogP contribution >= 0.6 is 0 Å². The van der Waals surface area contributed by atoms with E-state index in [9.17, 15) is 24.6 Å². The van der Waals surface area contributed by atoms with Crippen LogP contribution < -0.4 is 10.1 Å². The van der Waals surface area contributed by atoms with Gasteiger partial charge in [-0.1, -0.05) is 20.8 Å². The van der Waals surface area contributed by atoms with Gasteiger partial charge in [0.05, 0.1) is 12.2 Å². The zero-order valence-electron chi connectivity index (χ0n) is 28.0. The molecule has 0 bridgehead atoms. The molecule has 1 fully saturated rings. The summed E-state index contributed by atoms with van der Waals surface area (Å²) >= 11 is 0. The number of rotatable bonds is 11. The number of amides is 2. The standard InChI is InChI=1S/C36H41N5O8/c1-5-19-47-36(46)49-27-15-17-40(18-16-27)35(45)23-7-11-25(12-8-23)48-26-13-9-24(10-14-26)41-32(38-39-33(41)34(44)37-6-2)29-20-28(22(3)4)30(42)21-31(29)43/h7-14,20-22,27,42-43H,5-6,15-19H2,1-4H3,(H,37,44). The Morgan fingerprint density at radius 1 is 0.918 bits per heavy atom. The van der Waals surface area contributed by atoms with E-state index in [4.69, 9.17) is 14.2 Å². The van der Waals surface area contributed by atoms with Gasteiger partial charge in [0.15, 0.2) is 5.82 Å². The van der Waals surface area contributed by atoms with E-state index in [1.165, 1.54) is 6.07 Å². The minimum absolute atomic E-state index is 0.0237. The molecule has 2 amide bonds. The van der Waals surface area contributed by atoms with Gasteiger partial charge in [-0.2, -0.15) is 0 Å². The maximum absolute atomic E-state index is 13.1. The Hall–Kier alpha value is -5.59. The zero-order chi connectivity index (χ0) is 35.1. The van der Waals surface area contributed by atoms with Crippen LogP contribution in [0.25, 0.3) is 17.1 Å². The van der Waals surface area contributed by atoms with E-state index in [1.807, 2.05) is 20.8 Å². The third kappa shape index (κ3) is 8.11. The Morgan fingerprint density at radius 2 is 1.57 bits per heavy atom. The van der Waals surface area contributed by atoms with E-state index in [2.05, 4.69) is 15.5 Å². The summed E-state index contributed by atoms with van der Waals surface area (Å²) in [6.07, 6.45) is 0.866. The molecule has 1 aliphatic rings. The molecule has 258 valence electrons. The number of carbonyl (C=O) groups is 3. The van der Waals surface area contributed by atoms with Gasteiger partial charge in [-0.25, -0.2) is 4.79 Å². The van der Waals surface area contributed by atoms with Gasteiger partial charge in [0.25, 0.3) is 11.8 Å². The molecule has 0 aliphatic carbocycles. The lowest BCUT2D eigenvalue weighted by atomic mass is 9.98. The predicted octanol–water partition coefficient (Wildman–Crippen LogP) is 6.18. The van der Waals surface area contributed by atoms with Crippen molar-refractivity contribution in [3.05, 3.63) is 77.6 Å². The summed E-state index contributed by atoms with van der Waals surface area (Å²) in [5.41, 5.74) is 1.98.